The average molecular weight is 290 g/mol. The van der Waals surface area contributed by atoms with Crippen molar-refractivity contribution in [3.05, 3.63) is 41.3 Å². The predicted molar refractivity (Wildman–Crippen MR) is 76.0 cm³/mol. The SMILES string of the molecule is COc1nc(C)c(C(N)=O)c(OC)c1-c1ccc(F)cc1. The van der Waals surface area contributed by atoms with Crippen LogP contribution in [0.1, 0.15) is 16.1 Å². The second-order valence-corrected chi connectivity index (χ2v) is 4.36. The molecule has 0 saturated heterocycles. The fourth-order valence-electron chi connectivity index (χ4n) is 2.16. The van der Waals surface area contributed by atoms with Crippen LogP contribution in [0.15, 0.2) is 24.3 Å². The van der Waals surface area contributed by atoms with E-state index in [0.717, 1.165) is 0 Å². The monoisotopic (exact) mass is 290 g/mol. The van der Waals surface area contributed by atoms with Gasteiger partial charge in [0.1, 0.15) is 17.1 Å². The van der Waals surface area contributed by atoms with E-state index in [0.29, 0.717) is 16.8 Å². The zero-order valence-electron chi connectivity index (χ0n) is 11.9. The Hall–Kier alpha value is -2.63. The summed E-state index contributed by atoms with van der Waals surface area (Å²) in [6, 6.07) is 5.71. The normalized spacial score (nSPS) is 10.3. The van der Waals surface area contributed by atoms with E-state index >= 15 is 0 Å². The third-order valence-corrected chi connectivity index (χ3v) is 3.08. The number of halogens is 1. The standard InChI is InChI=1S/C15H15FN2O3/c1-8-11(14(17)19)13(20-2)12(15(18-8)21-3)9-4-6-10(16)7-5-9/h4-7H,1-3H3,(H2,17,19). The summed E-state index contributed by atoms with van der Waals surface area (Å²) in [5.41, 5.74) is 7.05. The van der Waals surface area contributed by atoms with Crippen molar-refractivity contribution >= 4 is 5.91 Å². The number of ether oxygens (including phenoxy) is 2. The zero-order chi connectivity index (χ0) is 15.6. The maximum Gasteiger partial charge on any atom is 0.254 e. The van der Waals surface area contributed by atoms with Crippen LogP contribution in [0.2, 0.25) is 0 Å². The molecule has 0 saturated carbocycles. The third kappa shape index (κ3) is 2.65. The van der Waals surface area contributed by atoms with Gasteiger partial charge in [-0.3, -0.25) is 4.79 Å². The van der Waals surface area contributed by atoms with E-state index in [1.807, 2.05) is 0 Å². The number of hydrogen-bond acceptors (Lipinski definition) is 4. The molecule has 0 atom stereocenters. The molecule has 21 heavy (non-hydrogen) atoms. The number of hydrogen-bond donors (Lipinski definition) is 1. The van der Waals surface area contributed by atoms with Crippen LogP contribution in [0.25, 0.3) is 11.1 Å². The van der Waals surface area contributed by atoms with Crippen LogP contribution < -0.4 is 15.2 Å². The van der Waals surface area contributed by atoms with Crippen molar-refractivity contribution in [3.8, 4) is 22.8 Å². The second kappa shape index (κ2) is 5.78. The molecule has 0 fully saturated rings. The molecule has 1 heterocycles. The van der Waals surface area contributed by atoms with Crippen molar-refractivity contribution in [2.75, 3.05) is 14.2 Å². The number of pyridine rings is 1. The molecule has 1 aromatic heterocycles. The molecule has 5 nitrogen and oxygen atoms in total. The topological polar surface area (TPSA) is 74.4 Å². The maximum absolute atomic E-state index is 13.1. The number of nitrogens with two attached hydrogens (primary N) is 1. The molecule has 6 heteroatoms. The van der Waals surface area contributed by atoms with Gasteiger partial charge in [-0.2, -0.15) is 0 Å². The molecule has 0 radical (unpaired) electrons. The van der Waals surface area contributed by atoms with Crippen molar-refractivity contribution in [1.29, 1.82) is 0 Å². The lowest BCUT2D eigenvalue weighted by molar-refractivity contribution is 0.0996. The van der Waals surface area contributed by atoms with E-state index in [2.05, 4.69) is 4.98 Å². The highest BCUT2D eigenvalue weighted by Crippen LogP contribution is 2.40. The highest BCUT2D eigenvalue weighted by atomic mass is 19.1. The van der Waals surface area contributed by atoms with Crippen LogP contribution in [0.4, 0.5) is 4.39 Å². The number of methoxy groups -OCH3 is 2. The van der Waals surface area contributed by atoms with Crippen molar-refractivity contribution in [3.63, 3.8) is 0 Å². The fourth-order valence-corrected chi connectivity index (χ4v) is 2.16. The smallest absolute Gasteiger partial charge is 0.254 e. The minimum Gasteiger partial charge on any atom is -0.495 e. The van der Waals surface area contributed by atoms with Crippen LogP contribution in [-0.2, 0) is 0 Å². The Bertz CT molecular complexity index is 684. The van der Waals surface area contributed by atoms with Gasteiger partial charge in [-0.15, -0.1) is 0 Å². The summed E-state index contributed by atoms with van der Waals surface area (Å²) in [6.45, 7) is 1.64. The van der Waals surface area contributed by atoms with E-state index in [1.165, 1.54) is 26.4 Å². The van der Waals surface area contributed by atoms with Gasteiger partial charge >= 0.3 is 0 Å². The summed E-state index contributed by atoms with van der Waals surface area (Å²) in [5, 5.41) is 0. The molecule has 0 aliphatic rings. The Balaban J connectivity index is 2.81. The lowest BCUT2D eigenvalue weighted by atomic mass is 10.0. The number of carbonyl (C=O) groups is 1. The molecule has 1 aromatic carbocycles. The van der Waals surface area contributed by atoms with Gasteiger partial charge < -0.3 is 15.2 Å². The van der Waals surface area contributed by atoms with E-state index in [1.54, 1.807) is 19.1 Å². The molecule has 2 aromatic rings. The third-order valence-electron chi connectivity index (χ3n) is 3.08. The van der Waals surface area contributed by atoms with Crippen molar-refractivity contribution in [2.45, 2.75) is 6.92 Å². The summed E-state index contributed by atoms with van der Waals surface area (Å²) >= 11 is 0. The Morgan fingerprint density at radius 3 is 2.29 bits per heavy atom. The number of amides is 1. The van der Waals surface area contributed by atoms with Gasteiger partial charge in [-0.1, -0.05) is 12.1 Å². The number of nitrogens with zero attached hydrogens (tertiary/aromatic N) is 1. The van der Waals surface area contributed by atoms with Gasteiger partial charge in [-0.05, 0) is 24.6 Å². The molecular formula is C15H15FN2O3. The lowest BCUT2D eigenvalue weighted by Crippen LogP contribution is -2.16. The molecule has 0 bridgehead atoms. The maximum atomic E-state index is 13.1. The van der Waals surface area contributed by atoms with Gasteiger partial charge in [0.15, 0.2) is 0 Å². The summed E-state index contributed by atoms with van der Waals surface area (Å²) in [7, 11) is 2.88. The molecule has 0 unspecified atom stereocenters. The summed E-state index contributed by atoms with van der Waals surface area (Å²) in [4.78, 5) is 15.9. The summed E-state index contributed by atoms with van der Waals surface area (Å²) < 4.78 is 23.7. The van der Waals surface area contributed by atoms with E-state index < -0.39 is 5.91 Å². The van der Waals surface area contributed by atoms with Crippen LogP contribution in [0.3, 0.4) is 0 Å². The molecule has 110 valence electrons. The number of carbonyl (C=O) groups excluding carboxylic acids is 1. The summed E-state index contributed by atoms with van der Waals surface area (Å²) in [6.07, 6.45) is 0. The average Bonchev–Trinajstić information content (AvgIpc) is 2.46. The Morgan fingerprint density at radius 2 is 1.81 bits per heavy atom. The first-order valence-electron chi connectivity index (χ1n) is 6.18. The van der Waals surface area contributed by atoms with Crippen LogP contribution >= 0.6 is 0 Å². The molecule has 0 aliphatic carbocycles. The Kier molecular flexibility index (Phi) is 4.07. The lowest BCUT2D eigenvalue weighted by Gasteiger charge is -2.17. The number of aryl methyl sites for hydroxylation is 1. The van der Waals surface area contributed by atoms with Crippen LogP contribution in [0, 0.1) is 12.7 Å². The highest BCUT2D eigenvalue weighted by molar-refractivity contribution is 6.00. The largest absolute Gasteiger partial charge is 0.495 e. The fraction of sp³-hybridized carbons (Fsp3) is 0.200. The zero-order valence-corrected chi connectivity index (χ0v) is 11.9. The number of aromatic nitrogens is 1. The van der Waals surface area contributed by atoms with Crippen molar-refractivity contribution in [1.82, 2.24) is 4.98 Å². The predicted octanol–water partition coefficient (Wildman–Crippen LogP) is 2.31. The number of primary amides is 1. The van der Waals surface area contributed by atoms with E-state index in [-0.39, 0.29) is 23.0 Å². The molecule has 0 spiro atoms. The first kappa shape index (κ1) is 14.8. The van der Waals surface area contributed by atoms with Gasteiger partial charge in [0.2, 0.25) is 5.88 Å². The molecule has 2 rings (SSSR count). The molecule has 2 N–H and O–H groups in total. The van der Waals surface area contributed by atoms with Crippen molar-refractivity contribution in [2.24, 2.45) is 5.73 Å². The quantitative estimate of drug-likeness (QED) is 0.937. The van der Waals surface area contributed by atoms with Crippen LogP contribution in [-0.4, -0.2) is 25.1 Å². The second-order valence-electron chi connectivity index (χ2n) is 4.36. The highest BCUT2D eigenvalue weighted by Gasteiger charge is 2.23. The van der Waals surface area contributed by atoms with Gasteiger partial charge in [0.25, 0.3) is 5.91 Å². The van der Waals surface area contributed by atoms with Gasteiger partial charge in [0.05, 0.1) is 25.5 Å². The van der Waals surface area contributed by atoms with E-state index in [4.69, 9.17) is 15.2 Å². The first-order valence-corrected chi connectivity index (χ1v) is 6.18. The molecule has 0 aliphatic heterocycles. The first-order chi connectivity index (χ1) is 9.99. The Labute approximate surface area is 121 Å². The molecular weight excluding hydrogens is 275 g/mol. The van der Waals surface area contributed by atoms with E-state index in [9.17, 15) is 9.18 Å². The molecule has 1 amide bonds. The summed E-state index contributed by atoms with van der Waals surface area (Å²) in [5.74, 6) is -0.478. The minimum atomic E-state index is -0.650. The van der Waals surface area contributed by atoms with Crippen molar-refractivity contribution < 1.29 is 18.7 Å². The van der Waals surface area contributed by atoms with Crippen LogP contribution in [0.5, 0.6) is 11.6 Å². The minimum absolute atomic E-state index is 0.178. The number of rotatable bonds is 4. The Morgan fingerprint density at radius 1 is 1.19 bits per heavy atom. The number of benzene rings is 1. The van der Waals surface area contributed by atoms with Gasteiger partial charge in [0, 0.05) is 0 Å². The van der Waals surface area contributed by atoms with Gasteiger partial charge in [-0.25, -0.2) is 9.37 Å².